The van der Waals surface area contributed by atoms with E-state index in [4.69, 9.17) is 18.9 Å². The van der Waals surface area contributed by atoms with Crippen LogP contribution in [0.5, 0.6) is 23.0 Å². The minimum atomic E-state index is 0.00800. The van der Waals surface area contributed by atoms with Crippen LogP contribution in [0.2, 0.25) is 0 Å². The molecular formula is C54H58N6O6. The molecule has 4 aromatic carbocycles. The monoisotopic (exact) mass is 886 g/mol. The van der Waals surface area contributed by atoms with E-state index in [-0.39, 0.29) is 23.9 Å². The minimum absolute atomic E-state index is 0.00800. The van der Waals surface area contributed by atoms with Gasteiger partial charge in [0.05, 0.1) is 63.6 Å². The Kier molecular flexibility index (Phi) is 12.8. The Morgan fingerprint density at radius 1 is 0.591 bits per heavy atom. The lowest BCUT2D eigenvalue weighted by molar-refractivity contribution is -0.132. The molecule has 2 saturated heterocycles. The number of ether oxygens (including phenoxy) is 4. The summed E-state index contributed by atoms with van der Waals surface area (Å²) in [6.07, 6.45) is 16.9. The summed E-state index contributed by atoms with van der Waals surface area (Å²) in [5.41, 5.74) is 12.4. The standard InChI is InChI=1S/2C27H29N3O3/c2*1-18-13-20(6-8-24(18)29-16-19(2)28-17-29)14-21-5-4-11-30(27(21)31)25-10-12-33-26-9-7-22(32-3)15-23(25)26/h2*6-9,13-17,25H,4-5,10-12H2,1-3H3/b2*21-14+/t2*25-/m10/s1. The third-order valence-electron chi connectivity index (χ3n) is 13.1. The van der Waals surface area contributed by atoms with Crippen LogP contribution in [0.3, 0.4) is 0 Å². The number of benzene rings is 4. The van der Waals surface area contributed by atoms with Crippen LogP contribution in [-0.4, -0.2) is 81.2 Å². The lowest BCUT2D eigenvalue weighted by Gasteiger charge is -2.38. The summed E-state index contributed by atoms with van der Waals surface area (Å²) in [5, 5.41) is 0. The van der Waals surface area contributed by atoms with Gasteiger partial charge in [0, 0.05) is 72.0 Å². The number of carbonyl (C=O) groups excluding carboxylic acids is 2. The second kappa shape index (κ2) is 19.2. The molecule has 0 radical (unpaired) electrons. The van der Waals surface area contributed by atoms with Gasteiger partial charge >= 0.3 is 0 Å². The SMILES string of the molecule is COc1ccc2c(c1)[C@@H](N1CCC/C(=C\c3ccc(-n4cnc(C)c4)c(C)c3)C1=O)CCO2.COc1ccc2c(c1)[C@H](N1CCC/C(=C\c3ccc(-n4cnc(C)c4)c(C)c3)C1=O)CCO2. The molecule has 12 heteroatoms. The molecule has 2 fully saturated rings. The van der Waals surface area contributed by atoms with Crippen LogP contribution in [0.15, 0.2) is 109 Å². The van der Waals surface area contributed by atoms with Crippen molar-refractivity contribution in [3.63, 3.8) is 0 Å². The normalized spacial score (nSPS) is 19.4. The van der Waals surface area contributed by atoms with E-state index in [1.807, 2.05) is 94.2 Å². The molecule has 4 aliphatic rings. The molecule has 6 heterocycles. The molecule has 66 heavy (non-hydrogen) atoms. The van der Waals surface area contributed by atoms with E-state index in [0.717, 1.165) is 142 Å². The van der Waals surface area contributed by atoms with E-state index in [2.05, 4.69) is 72.4 Å². The first-order valence-electron chi connectivity index (χ1n) is 22.9. The maximum absolute atomic E-state index is 13.5. The van der Waals surface area contributed by atoms with Gasteiger partial charge in [-0.1, -0.05) is 12.1 Å². The number of fused-ring (bicyclic) bond motifs is 2. The van der Waals surface area contributed by atoms with Gasteiger partial charge in [0.1, 0.15) is 23.0 Å². The number of hydrogen-bond donors (Lipinski definition) is 0. The molecule has 0 spiro atoms. The zero-order valence-corrected chi connectivity index (χ0v) is 38.8. The molecule has 340 valence electrons. The molecule has 2 atom stereocenters. The van der Waals surface area contributed by atoms with Crippen LogP contribution in [0, 0.1) is 27.7 Å². The Bertz CT molecular complexity index is 2650. The van der Waals surface area contributed by atoms with Crippen molar-refractivity contribution in [2.75, 3.05) is 40.5 Å². The highest BCUT2D eigenvalue weighted by molar-refractivity contribution is 5.99. The molecule has 0 N–H and O–H groups in total. The Hall–Kier alpha value is -7.08. The van der Waals surface area contributed by atoms with Gasteiger partial charge in [0.2, 0.25) is 11.8 Å². The lowest BCUT2D eigenvalue weighted by Crippen LogP contribution is -2.41. The van der Waals surface area contributed by atoms with E-state index in [1.165, 1.54) is 0 Å². The van der Waals surface area contributed by atoms with Crippen LogP contribution < -0.4 is 18.9 Å². The molecule has 0 bridgehead atoms. The number of rotatable bonds is 8. The van der Waals surface area contributed by atoms with Gasteiger partial charge in [-0.05, 0) is 148 Å². The smallest absolute Gasteiger partial charge is 0.250 e. The van der Waals surface area contributed by atoms with Crippen LogP contribution in [0.25, 0.3) is 23.5 Å². The summed E-state index contributed by atoms with van der Waals surface area (Å²) in [5.74, 6) is 3.50. The van der Waals surface area contributed by atoms with Gasteiger partial charge in [-0.2, -0.15) is 0 Å². The summed E-state index contributed by atoms with van der Waals surface area (Å²) in [6, 6.07) is 24.3. The average molecular weight is 887 g/mol. The van der Waals surface area contributed by atoms with Crippen molar-refractivity contribution in [2.24, 2.45) is 0 Å². The van der Waals surface area contributed by atoms with Crippen molar-refractivity contribution in [1.82, 2.24) is 28.9 Å². The third kappa shape index (κ3) is 9.22. The molecule has 2 amide bonds. The van der Waals surface area contributed by atoms with Crippen molar-refractivity contribution < 1.29 is 28.5 Å². The highest BCUT2D eigenvalue weighted by Gasteiger charge is 2.35. The summed E-state index contributed by atoms with van der Waals surface area (Å²) >= 11 is 0. The lowest BCUT2D eigenvalue weighted by atomic mass is 9.93. The quantitative estimate of drug-likeness (QED) is 0.139. The van der Waals surface area contributed by atoms with Gasteiger partial charge < -0.3 is 37.9 Å². The molecule has 10 rings (SSSR count). The number of imidazole rings is 2. The summed E-state index contributed by atoms with van der Waals surface area (Å²) in [4.78, 5) is 39.8. The van der Waals surface area contributed by atoms with Crippen molar-refractivity contribution in [1.29, 1.82) is 0 Å². The fraction of sp³-hybridized carbons (Fsp3) is 0.333. The second-order valence-electron chi connectivity index (χ2n) is 17.6. The predicted octanol–water partition coefficient (Wildman–Crippen LogP) is 10.1. The van der Waals surface area contributed by atoms with Crippen LogP contribution >= 0.6 is 0 Å². The number of piperidine rings is 2. The number of aromatic nitrogens is 4. The van der Waals surface area contributed by atoms with Crippen molar-refractivity contribution in [2.45, 2.75) is 78.3 Å². The summed E-state index contributed by atoms with van der Waals surface area (Å²) in [6.45, 7) is 10.9. The Morgan fingerprint density at radius 2 is 1.03 bits per heavy atom. The minimum Gasteiger partial charge on any atom is -0.497 e. The van der Waals surface area contributed by atoms with Crippen LogP contribution in [0.1, 0.15) is 95.4 Å². The number of aryl methyl sites for hydroxylation is 4. The number of methoxy groups -OCH3 is 2. The van der Waals surface area contributed by atoms with E-state index in [1.54, 1.807) is 14.2 Å². The van der Waals surface area contributed by atoms with Crippen LogP contribution in [-0.2, 0) is 9.59 Å². The maximum atomic E-state index is 13.5. The summed E-state index contributed by atoms with van der Waals surface area (Å²) in [7, 11) is 3.32. The highest BCUT2D eigenvalue weighted by atomic mass is 16.5. The Morgan fingerprint density at radius 3 is 1.41 bits per heavy atom. The first kappa shape index (κ1) is 44.1. The number of amides is 2. The van der Waals surface area contributed by atoms with Crippen molar-refractivity contribution >= 4 is 24.0 Å². The van der Waals surface area contributed by atoms with E-state index >= 15 is 0 Å². The number of carbonyl (C=O) groups is 2. The van der Waals surface area contributed by atoms with Crippen molar-refractivity contribution in [3.8, 4) is 34.4 Å². The maximum Gasteiger partial charge on any atom is 0.250 e. The molecular weight excluding hydrogens is 829 g/mol. The fourth-order valence-electron chi connectivity index (χ4n) is 9.76. The number of nitrogens with zero attached hydrogens (tertiary/aromatic N) is 6. The molecule has 0 saturated carbocycles. The second-order valence-corrected chi connectivity index (χ2v) is 17.6. The zero-order valence-electron chi connectivity index (χ0n) is 38.8. The average Bonchev–Trinajstić information content (AvgIpc) is 3.97. The third-order valence-corrected chi connectivity index (χ3v) is 13.1. The molecule has 12 nitrogen and oxygen atoms in total. The summed E-state index contributed by atoms with van der Waals surface area (Å²) < 4.78 is 26.6. The molecule has 6 aromatic rings. The number of hydrogen-bond acceptors (Lipinski definition) is 8. The zero-order chi connectivity index (χ0) is 45.9. The number of likely N-dealkylation sites (tertiary alicyclic amines) is 2. The van der Waals surface area contributed by atoms with Gasteiger partial charge in [-0.15, -0.1) is 0 Å². The van der Waals surface area contributed by atoms with Gasteiger partial charge in [-0.25, -0.2) is 9.97 Å². The first-order chi connectivity index (χ1) is 32.1. The van der Waals surface area contributed by atoms with Gasteiger partial charge in [-0.3, -0.25) is 9.59 Å². The van der Waals surface area contributed by atoms with Gasteiger partial charge in [0.25, 0.3) is 0 Å². The highest BCUT2D eigenvalue weighted by Crippen LogP contribution is 2.42. The topological polar surface area (TPSA) is 113 Å². The van der Waals surface area contributed by atoms with Gasteiger partial charge in [0.15, 0.2) is 0 Å². The Balaban J connectivity index is 0.000000166. The van der Waals surface area contributed by atoms with E-state index in [9.17, 15) is 9.59 Å². The Labute approximate surface area is 387 Å². The van der Waals surface area contributed by atoms with E-state index in [0.29, 0.717) is 13.2 Å². The van der Waals surface area contributed by atoms with E-state index < -0.39 is 0 Å². The first-order valence-corrected chi connectivity index (χ1v) is 22.9. The molecule has 0 unspecified atom stereocenters. The molecule has 2 aromatic heterocycles. The largest absolute Gasteiger partial charge is 0.497 e. The van der Waals surface area contributed by atoms with Crippen LogP contribution in [0.4, 0.5) is 0 Å². The molecule has 4 aliphatic heterocycles. The fourth-order valence-corrected chi connectivity index (χ4v) is 9.76. The van der Waals surface area contributed by atoms with Crippen molar-refractivity contribution in [3.05, 3.63) is 154 Å². The predicted molar refractivity (Wildman–Crippen MR) is 256 cm³/mol. The molecule has 0 aliphatic carbocycles.